The van der Waals surface area contributed by atoms with Gasteiger partial charge in [0, 0.05) is 11.9 Å². The van der Waals surface area contributed by atoms with Crippen molar-refractivity contribution in [1.29, 1.82) is 5.41 Å². The highest BCUT2D eigenvalue weighted by Crippen LogP contribution is 2.16. The Morgan fingerprint density at radius 1 is 1.18 bits per heavy atom. The second-order valence-electron chi connectivity index (χ2n) is 5.81. The third kappa shape index (κ3) is 2.45. The summed E-state index contributed by atoms with van der Waals surface area (Å²) in [6.45, 7) is 6.16. The Bertz CT molecular complexity index is 853. The fourth-order valence-electron chi connectivity index (χ4n) is 2.89. The van der Waals surface area contributed by atoms with Gasteiger partial charge < -0.3 is 4.98 Å². The minimum atomic E-state index is 0.488. The lowest BCUT2D eigenvalue weighted by Gasteiger charge is -2.12. The second kappa shape index (κ2) is 5.79. The van der Waals surface area contributed by atoms with Gasteiger partial charge in [-0.2, -0.15) is 0 Å². The van der Waals surface area contributed by atoms with E-state index < -0.39 is 0 Å². The van der Waals surface area contributed by atoms with Gasteiger partial charge in [0.15, 0.2) is 0 Å². The molecular weight excluding hydrogens is 272 g/mol. The van der Waals surface area contributed by atoms with Crippen LogP contribution in [0.3, 0.4) is 0 Å². The van der Waals surface area contributed by atoms with Crippen molar-refractivity contribution in [2.45, 2.75) is 40.0 Å². The van der Waals surface area contributed by atoms with E-state index in [1.165, 1.54) is 18.4 Å². The molecule has 4 heteroatoms. The Morgan fingerprint density at radius 2 is 1.91 bits per heavy atom. The van der Waals surface area contributed by atoms with E-state index in [9.17, 15) is 0 Å². The van der Waals surface area contributed by atoms with Crippen LogP contribution in [-0.4, -0.2) is 14.5 Å². The van der Waals surface area contributed by atoms with E-state index in [1.54, 1.807) is 0 Å². The van der Waals surface area contributed by atoms with Gasteiger partial charge in [-0.05, 0) is 49.9 Å². The molecule has 2 heterocycles. The number of aromatic amines is 1. The van der Waals surface area contributed by atoms with E-state index in [-0.39, 0.29) is 0 Å². The zero-order valence-corrected chi connectivity index (χ0v) is 13.4. The quantitative estimate of drug-likeness (QED) is 0.755. The summed E-state index contributed by atoms with van der Waals surface area (Å²) >= 11 is 0. The molecule has 0 radical (unpaired) electrons. The van der Waals surface area contributed by atoms with Gasteiger partial charge in [0.05, 0.1) is 5.39 Å². The smallest absolute Gasteiger partial charge is 0.143 e. The molecule has 0 amide bonds. The fourth-order valence-corrected chi connectivity index (χ4v) is 2.89. The van der Waals surface area contributed by atoms with Crippen molar-refractivity contribution in [1.82, 2.24) is 14.5 Å². The molecule has 0 aliphatic carbocycles. The van der Waals surface area contributed by atoms with E-state index >= 15 is 0 Å². The highest BCUT2D eigenvalue weighted by atomic mass is 15.1. The fraction of sp³-hybridized carbons (Fsp3) is 0.333. The van der Waals surface area contributed by atoms with Crippen LogP contribution in [0.4, 0.5) is 0 Å². The first kappa shape index (κ1) is 14.6. The van der Waals surface area contributed by atoms with Gasteiger partial charge in [-0.3, -0.25) is 9.98 Å². The molecule has 4 nitrogen and oxygen atoms in total. The van der Waals surface area contributed by atoms with Gasteiger partial charge >= 0.3 is 0 Å². The first-order chi connectivity index (χ1) is 10.6. The van der Waals surface area contributed by atoms with Gasteiger partial charge in [0.25, 0.3) is 0 Å². The van der Waals surface area contributed by atoms with Gasteiger partial charge in [0.2, 0.25) is 0 Å². The third-order valence-electron chi connectivity index (χ3n) is 4.13. The Balaban J connectivity index is 2.09. The van der Waals surface area contributed by atoms with Gasteiger partial charge in [-0.15, -0.1) is 0 Å². The highest BCUT2D eigenvalue weighted by Gasteiger charge is 2.10. The molecule has 2 N–H and O–H groups in total. The summed E-state index contributed by atoms with van der Waals surface area (Å²) < 4.78 is 1.91. The second-order valence-corrected chi connectivity index (χ2v) is 5.81. The van der Waals surface area contributed by atoms with Crippen LogP contribution in [0.1, 0.15) is 36.7 Å². The molecule has 0 saturated carbocycles. The largest absolute Gasteiger partial charge is 0.346 e. The predicted molar refractivity (Wildman–Crippen MR) is 89.4 cm³/mol. The molecule has 0 unspecified atom stereocenters. The van der Waals surface area contributed by atoms with Gasteiger partial charge in [-0.1, -0.05) is 25.5 Å². The van der Waals surface area contributed by atoms with E-state index in [0.717, 1.165) is 34.5 Å². The summed E-state index contributed by atoms with van der Waals surface area (Å²) in [5.74, 6) is 0.820. The Labute approximate surface area is 130 Å². The number of hydrogen-bond acceptors (Lipinski definition) is 2. The lowest BCUT2D eigenvalue weighted by atomic mass is 10.1. The molecule has 1 aromatic carbocycles. The maximum Gasteiger partial charge on any atom is 0.143 e. The van der Waals surface area contributed by atoms with Crippen molar-refractivity contribution in [3.63, 3.8) is 0 Å². The number of fused-ring (bicyclic) bond motifs is 1. The molecule has 22 heavy (non-hydrogen) atoms. The Hall–Kier alpha value is -2.36. The summed E-state index contributed by atoms with van der Waals surface area (Å²) in [5.41, 5.74) is 4.68. The van der Waals surface area contributed by atoms with E-state index in [2.05, 4.69) is 41.2 Å². The van der Waals surface area contributed by atoms with Crippen molar-refractivity contribution >= 4 is 11.0 Å². The van der Waals surface area contributed by atoms with Crippen molar-refractivity contribution in [3.8, 4) is 5.69 Å². The van der Waals surface area contributed by atoms with Crippen LogP contribution >= 0.6 is 0 Å². The van der Waals surface area contributed by atoms with Crippen molar-refractivity contribution in [2.24, 2.45) is 0 Å². The van der Waals surface area contributed by atoms with Gasteiger partial charge in [0.1, 0.15) is 17.0 Å². The summed E-state index contributed by atoms with van der Waals surface area (Å²) in [6, 6.07) is 8.49. The lowest BCUT2D eigenvalue weighted by molar-refractivity contribution is 0.793. The molecular formula is C18H22N4. The monoisotopic (exact) mass is 294 g/mol. The molecule has 2 aromatic heterocycles. The predicted octanol–water partition coefficient (Wildman–Crippen LogP) is 3.79. The number of benzene rings is 1. The van der Waals surface area contributed by atoms with Crippen LogP contribution in [0.15, 0.2) is 30.5 Å². The van der Waals surface area contributed by atoms with Crippen LogP contribution in [0, 0.1) is 19.3 Å². The average molecular weight is 294 g/mol. The van der Waals surface area contributed by atoms with Crippen molar-refractivity contribution in [3.05, 3.63) is 52.9 Å². The topological polar surface area (TPSA) is 57.5 Å². The number of aromatic nitrogens is 3. The molecule has 0 aliphatic rings. The molecule has 0 aliphatic heterocycles. The summed E-state index contributed by atoms with van der Waals surface area (Å²) in [4.78, 5) is 7.73. The van der Waals surface area contributed by atoms with Crippen molar-refractivity contribution in [2.75, 3.05) is 0 Å². The minimum absolute atomic E-state index is 0.488. The number of unbranched alkanes of at least 4 members (excludes halogenated alkanes) is 1. The highest BCUT2D eigenvalue weighted by molar-refractivity contribution is 5.78. The normalized spacial score (nSPS) is 11.2. The molecule has 114 valence electrons. The van der Waals surface area contributed by atoms with Gasteiger partial charge in [-0.25, -0.2) is 4.98 Å². The summed E-state index contributed by atoms with van der Waals surface area (Å²) in [5, 5.41) is 9.43. The number of H-pyrrole nitrogens is 1. The Morgan fingerprint density at radius 3 is 2.59 bits per heavy atom. The maximum atomic E-state index is 8.54. The zero-order chi connectivity index (χ0) is 15.7. The Kier molecular flexibility index (Phi) is 3.84. The number of nitrogens with one attached hydrogen (secondary N) is 2. The van der Waals surface area contributed by atoms with E-state index in [0.29, 0.717) is 5.49 Å². The minimum Gasteiger partial charge on any atom is -0.346 e. The molecule has 0 spiro atoms. The van der Waals surface area contributed by atoms with Crippen LogP contribution in [-0.2, 0) is 6.42 Å². The molecule has 0 saturated heterocycles. The maximum absolute atomic E-state index is 8.54. The standard InChI is InChI=1S/C18H22N4/c1-4-5-6-14-7-9-15(10-8-14)22-13(3)21-18-16(17(22)19)12(2)11-20-18/h7-11,19-20H,4-6H2,1-3H3. The lowest BCUT2D eigenvalue weighted by Crippen LogP contribution is -2.22. The zero-order valence-electron chi connectivity index (χ0n) is 13.4. The van der Waals surface area contributed by atoms with Crippen LogP contribution in [0.5, 0.6) is 0 Å². The molecule has 0 fully saturated rings. The number of hydrogen-bond donors (Lipinski definition) is 2. The first-order valence-corrected chi connectivity index (χ1v) is 7.83. The third-order valence-corrected chi connectivity index (χ3v) is 4.13. The molecule has 3 aromatic rings. The number of nitrogens with zero attached hydrogens (tertiary/aromatic N) is 2. The molecule has 0 atom stereocenters. The molecule has 0 bridgehead atoms. The van der Waals surface area contributed by atoms with Crippen molar-refractivity contribution < 1.29 is 0 Å². The van der Waals surface area contributed by atoms with Crippen LogP contribution < -0.4 is 5.49 Å². The average Bonchev–Trinajstić information content (AvgIpc) is 2.87. The van der Waals surface area contributed by atoms with Crippen LogP contribution in [0.25, 0.3) is 16.7 Å². The summed E-state index contributed by atoms with van der Waals surface area (Å²) in [7, 11) is 0. The van der Waals surface area contributed by atoms with Crippen LogP contribution in [0.2, 0.25) is 0 Å². The molecule has 3 rings (SSSR count). The number of aryl methyl sites for hydroxylation is 3. The van der Waals surface area contributed by atoms with E-state index in [4.69, 9.17) is 5.41 Å². The number of rotatable bonds is 4. The first-order valence-electron chi connectivity index (χ1n) is 7.83. The van der Waals surface area contributed by atoms with E-state index in [1.807, 2.05) is 24.6 Å². The SMILES string of the molecule is CCCCc1ccc(-n2c(C)nc3[nH]cc(C)c3c2=N)cc1. The summed E-state index contributed by atoms with van der Waals surface area (Å²) in [6.07, 6.45) is 5.45.